The molecule has 0 aromatic heterocycles. The Morgan fingerprint density at radius 2 is 2.19 bits per heavy atom. The molecule has 0 aliphatic carbocycles. The number of halogens is 1. The van der Waals surface area contributed by atoms with Gasteiger partial charge in [-0.05, 0) is 6.08 Å². The zero-order valence-electron chi connectivity index (χ0n) is 8.37. The van der Waals surface area contributed by atoms with E-state index in [1.54, 1.807) is 12.2 Å². The minimum Gasteiger partial charge on any atom is -0.329 e. The molecule has 3 amide bonds. The molecule has 7 heteroatoms. The van der Waals surface area contributed by atoms with E-state index in [1.807, 2.05) is 0 Å². The molecule has 0 aromatic carbocycles. The van der Waals surface area contributed by atoms with Gasteiger partial charge in [-0.3, -0.25) is 9.69 Å². The highest BCUT2D eigenvalue weighted by atomic mass is 35.5. The lowest BCUT2D eigenvalue weighted by atomic mass is 10.0. The lowest BCUT2D eigenvalue weighted by Gasteiger charge is -2.26. The fourth-order valence-electron chi connectivity index (χ4n) is 1.49. The number of dihydropyridines is 1. The number of imide groups is 1. The molecule has 2 N–H and O–H groups in total. The molecular weight excluding hydrogens is 232 g/mol. The molecule has 2 aliphatic heterocycles. The number of hydrogen-bond acceptors (Lipinski definition) is 4. The summed E-state index contributed by atoms with van der Waals surface area (Å²) in [6.07, 6.45) is 4.84. The highest BCUT2D eigenvalue weighted by molar-refractivity contribution is 6.19. The molecule has 1 atom stereocenters. The van der Waals surface area contributed by atoms with Crippen LogP contribution < -0.4 is 5.73 Å². The van der Waals surface area contributed by atoms with E-state index in [0.29, 0.717) is 0 Å². The fraction of sp³-hybridized carbons (Fsp3) is 0.333. The summed E-state index contributed by atoms with van der Waals surface area (Å²) in [5.74, 6) is -0.566. The van der Waals surface area contributed by atoms with Gasteiger partial charge in [0.1, 0.15) is 11.8 Å². The second-order valence-corrected chi connectivity index (χ2v) is 3.17. The Bertz CT molecular complexity index is 402. The number of amidine groups is 1. The monoisotopic (exact) mass is 242 g/mol. The van der Waals surface area contributed by atoms with Gasteiger partial charge in [0, 0.05) is 19.3 Å². The smallest absolute Gasteiger partial charge is 0.329 e. The number of fused-ring (bicyclic) bond motifs is 1. The van der Waals surface area contributed by atoms with Gasteiger partial charge in [0.15, 0.2) is 0 Å². The number of nitrogens with two attached hydrogens (primary N) is 1. The molecule has 0 saturated carbocycles. The van der Waals surface area contributed by atoms with E-state index in [2.05, 4.69) is 9.98 Å². The van der Waals surface area contributed by atoms with Crippen LogP contribution in [0.3, 0.4) is 0 Å². The van der Waals surface area contributed by atoms with Crippen molar-refractivity contribution in [2.45, 2.75) is 0 Å². The molecule has 0 aromatic rings. The Balaban J connectivity index is 0.00000128. The second kappa shape index (κ2) is 5.00. The Hall–Kier alpha value is -1.53. The topological polar surface area (TPSA) is 88.1 Å². The number of allylic oxidation sites excluding steroid dienone is 1. The molecule has 0 bridgehead atoms. The highest BCUT2D eigenvalue weighted by Gasteiger charge is 2.35. The van der Waals surface area contributed by atoms with Crippen LogP contribution in [0.4, 0.5) is 4.79 Å². The van der Waals surface area contributed by atoms with Crippen molar-refractivity contribution in [3.8, 4) is 0 Å². The normalized spacial score (nSPS) is 22.7. The van der Waals surface area contributed by atoms with Gasteiger partial charge in [0.25, 0.3) is 0 Å². The summed E-state index contributed by atoms with van der Waals surface area (Å²) in [6.45, 7) is 0.435. The van der Waals surface area contributed by atoms with Gasteiger partial charge in [-0.15, -0.1) is 12.4 Å². The molecule has 0 spiro atoms. The number of carbonyl (C=O) groups is 2. The van der Waals surface area contributed by atoms with Crippen molar-refractivity contribution in [3.63, 3.8) is 0 Å². The minimum atomic E-state index is -0.579. The van der Waals surface area contributed by atoms with E-state index in [1.165, 1.54) is 6.21 Å². The third-order valence-electron chi connectivity index (χ3n) is 2.20. The zero-order valence-corrected chi connectivity index (χ0v) is 9.18. The summed E-state index contributed by atoms with van der Waals surface area (Å²) >= 11 is 0. The number of carbonyl (C=O) groups excluding carboxylic acids is 2. The largest absolute Gasteiger partial charge is 0.352 e. The average molecular weight is 243 g/mol. The summed E-state index contributed by atoms with van der Waals surface area (Å²) in [4.78, 5) is 31.9. The molecule has 86 valence electrons. The molecular formula is C9H11ClN4O2. The van der Waals surface area contributed by atoms with Crippen LogP contribution in [0.15, 0.2) is 22.1 Å². The van der Waals surface area contributed by atoms with Crippen LogP contribution in [0.25, 0.3) is 0 Å². The summed E-state index contributed by atoms with van der Waals surface area (Å²) in [7, 11) is 0. The van der Waals surface area contributed by atoms with Crippen molar-refractivity contribution in [3.05, 3.63) is 12.2 Å². The van der Waals surface area contributed by atoms with Crippen LogP contribution in [-0.2, 0) is 4.79 Å². The predicted molar refractivity (Wildman–Crippen MR) is 62.0 cm³/mol. The summed E-state index contributed by atoms with van der Waals surface area (Å²) < 4.78 is 0. The van der Waals surface area contributed by atoms with Crippen LogP contribution in [-0.4, -0.2) is 42.0 Å². The van der Waals surface area contributed by atoms with Gasteiger partial charge in [-0.2, -0.15) is 4.99 Å². The van der Waals surface area contributed by atoms with E-state index in [9.17, 15) is 9.59 Å². The zero-order chi connectivity index (χ0) is 10.8. The molecule has 0 fully saturated rings. The van der Waals surface area contributed by atoms with Crippen molar-refractivity contribution in [1.82, 2.24) is 4.90 Å². The molecule has 6 nitrogen and oxygen atoms in total. The third kappa shape index (κ3) is 2.02. The van der Waals surface area contributed by atoms with Crippen LogP contribution in [0, 0.1) is 5.92 Å². The maximum atomic E-state index is 11.8. The third-order valence-corrected chi connectivity index (χ3v) is 2.20. The average Bonchev–Trinajstić information content (AvgIpc) is 2.24. The Morgan fingerprint density at radius 3 is 2.88 bits per heavy atom. The number of hydrogen-bond donors (Lipinski definition) is 1. The van der Waals surface area contributed by atoms with Crippen LogP contribution in [0.2, 0.25) is 0 Å². The lowest BCUT2D eigenvalue weighted by Crippen LogP contribution is -2.47. The van der Waals surface area contributed by atoms with Gasteiger partial charge in [0.2, 0.25) is 5.91 Å². The fourth-order valence-corrected chi connectivity index (χ4v) is 1.49. The molecule has 1 unspecified atom stereocenters. The molecule has 0 radical (unpaired) electrons. The molecule has 2 rings (SSSR count). The first-order valence-corrected chi connectivity index (χ1v) is 4.59. The Labute approximate surface area is 98.3 Å². The van der Waals surface area contributed by atoms with Crippen molar-refractivity contribution in [2.24, 2.45) is 21.6 Å². The second-order valence-electron chi connectivity index (χ2n) is 3.17. The van der Waals surface area contributed by atoms with Crippen LogP contribution >= 0.6 is 12.4 Å². The number of rotatable bonds is 2. The van der Waals surface area contributed by atoms with Crippen LogP contribution in [0.1, 0.15) is 0 Å². The maximum Gasteiger partial charge on any atom is 0.352 e. The SMILES string of the molecule is Cl.NCCN1C(=O)N=C2N=CC=CC2C1=O. The highest BCUT2D eigenvalue weighted by Crippen LogP contribution is 2.17. The predicted octanol–water partition coefficient (Wildman–Crippen LogP) is -0.0156. The number of nitrogens with zero attached hydrogens (tertiary/aromatic N) is 3. The Morgan fingerprint density at radius 1 is 1.44 bits per heavy atom. The van der Waals surface area contributed by atoms with E-state index < -0.39 is 11.9 Å². The van der Waals surface area contributed by atoms with Gasteiger partial charge in [-0.25, -0.2) is 9.79 Å². The van der Waals surface area contributed by atoms with Crippen molar-refractivity contribution in [2.75, 3.05) is 13.1 Å². The minimum absolute atomic E-state index is 0. The van der Waals surface area contributed by atoms with E-state index in [4.69, 9.17) is 5.73 Å². The molecule has 0 saturated heterocycles. The quantitative estimate of drug-likeness (QED) is 0.738. The summed E-state index contributed by atoms with van der Waals surface area (Å²) in [6, 6.07) is -0.579. The molecule has 2 heterocycles. The molecule has 2 aliphatic rings. The summed E-state index contributed by atoms with van der Waals surface area (Å²) in [5, 5.41) is 0. The first-order chi connectivity index (χ1) is 7.24. The van der Waals surface area contributed by atoms with E-state index in [-0.39, 0.29) is 37.2 Å². The van der Waals surface area contributed by atoms with E-state index >= 15 is 0 Å². The van der Waals surface area contributed by atoms with Crippen LogP contribution in [0.5, 0.6) is 0 Å². The van der Waals surface area contributed by atoms with Gasteiger partial charge < -0.3 is 5.73 Å². The van der Waals surface area contributed by atoms with Crippen molar-refractivity contribution in [1.29, 1.82) is 0 Å². The van der Waals surface area contributed by atoms with Gasteiger partial charge in [-0.1, -0.05) is 6.08 Å². The first-order valence-electron chi connectivity index (χ1n) is 4.59. The van der Waals surface area contributed by atoms with Crippen molar-refractivity contribution < 1.29 is 9.59 Å². The lowest BCUT2D eigenvalue weighted by molar-refractivity contribution is -0.129. The summed E-state index contributed by atoms with van der Waals surface area (Å²) in [5.41, 5.74) is 5.31. The Kier molecular flexibility index (Phi) is 3.92. The number of amides is 3. The standard InChI is InChI=1S/C9H10N4O2.ClH/c10-3-5-13-8(14)6-2-1-4-11-7(6)12-9(13)15;/h1-2,4,6H,3,5,10H2;1H. The maximum absolute atomic E-state index is 11.8. The van der Waals surface area contributed by atoms with Gasteiger partial charge >= 0.3 is 6.03 Å². The number of urea groups is 1. The van der Waals surface area contributed by atoms with E-state index in [0.717, 1.165) is 4.90 Å². The van der Waals surface area contributed by atoms with Crippen molar-refractivity contribution >= 4 is 36.4 Å². The first kappa shape index (κ1) is 12.5. The molecule has 16 heavy (non-hydrogen) atoms. The number of aliphatic imine (C=N–C) groups is 2. The van der Waals surface area contributed by atoms with Gasteiger partial charge in [0.05, 0.1) is 0 Å².